The second kappa shape index (κ2) is 7.32. The number of piperidine rings is 1. The van der Waals surface area contributed by atoms with Crippen LogP contribution in [0, 0.1) is 5.82 Å². The lowest BCUT2D eigenvalue weighted by atomic mass is 9.91. The van der Waals surface area contributed by atoms with Gasteiger partial charge in [-0.25, -0.2) is 4.39 Å². The number of carbonyl (C=O) groups is 1. The van der Waals surface area contributed by atoms with Crippen LogP contribution in [-0.4, -0.2) is 28.6 Å². The molecule has 0 bridgehead atoms. The Labute approximate surface area is 145 Å². The number of hydrogen-bond donors (Lipinski definition) is 1. The molecule has 24 heavy (non-hydrogen) atoms. The molecule has 1 fully saturated rings. The number of nitrogens with zero attached hydrogens (tertiary/aromatic N) is 1. The first kappa shape index (κ1) is 16.9. The van der Waals surface area contributed by atoms with Crippen LogP contribution >= 0.6 is 11.6 Å². The molecule has 0 spiro atoms. The zero-order chi connectivity index (χ0) is 17.1. The highest BCUT2D eigenvalue weighted by molar-refractivity contribution is 6.31. The van der Waals surface area contributed by atoms with E-state index in [1.54, 1.807) is 12.1 Å². The minimum atomic E-state index is -0.844. The second-order valence-corrected chi connectivity index (χ2v) is 6.47. The molecule has 2 aromatic rings. The molecule has 2 unspecified atom stereocenters. The van der Waals surface area contributed by atoms with Gasteiger partial charge in [-0.3, -0.25) is 9.69 Å². The summed E-state index contributed by atoms with van der Waals surface area (Å²) in [6.07, 6.45) is 2.39. The van der Waals surface area contributed by atoms with E-state index in [2.05, 4.69) is 0 Å². The Morgan fingerprint density at radius 1 is 1.21 bits per heavy atom. The van der Waals surface area contributed by atoms with Crippen LogP contribution in [0.3, 0.4) is 0 Å². The lowest BCUT2D eigenvalue weighted by Crippen LogP contribution is -2.46. The summed E-state index contributed by atoms with van der Waals surface area (Å²) in [5.41, 5.74) is 1.52. The molecule has 1 aliphatic heterocycles. The van der Waals surface area contributed by atoms with Gasteiger partial charge in [0.25, 0.3) is 0 Å². The molecule has 2 atom stereocenters. The monoisotopic (exact) mass is 347 g/mol. The topological polar surface area (TPSA) is 40.5 Å². The van der Waals surface area contributed by atoms with E-state index in [1.165, 1.54) is 12.1 Å². The molecule has 0 aliphatic carbocycles. The average Bonchev–Trinajstić information content (AvgIpc) is 2.57. The van der Waals surface area contributed by atoms with Crippen LogP contribution in [-0.2, 0) is 4.79 Å². The van der Waals surface area contributed by atoms with Gasteiger partial charge in [0.1, 0.15) is 11.9 Å². The highest BCUT2D eigenvalue weighted by Crippen LogP contribution is 2.37. The van der Waals surface area contributed by atoms with Crippen molar-refractivity contribution in [1.29, 1.82) is 0 Å². The van der Waals surface area contributed by atoms with Crippen LogP contribution in [0.25, 0.3) is 0 Å². The molecular weight excluding hydrogens is 329 g/mol. The summed E-state index contributed by atoms with van der Waals surface area (Å²) in [5, 5.41) is 10.2. The number of carboxylic acids is 1. The summed E-state index contributed by atoms with van der Waals surface area (Å²) in [6.45, 7) is 0.642. The Balaban J connectivity index is 2.11. The van der Waals surface area contributed by atoms with Gasteiger partial charge in [0.15, 0.2) is 0 Å². The van der Waals surface area contributed by atoms with Crippen molar-refractivity contribution in [1.82, 2.24) is 4.90 Å². The molecule has 0 amide bonds. The molecule has 3 nitrogen and oxygen atoms in total. The number of carboxylic acid groups (broad SMARTS) is 1. The molecule has 1 N–H and O–H groups in total. The van der Waals surface area contributed by atoms with Crippen LogP contribution in [0.15, 0.2) is 48.5 Å². The molecule has 3 rings (SSSR count). The molecule has 1 heterocycles. The summed E-state index contributed by atoms with van der Waals surface area (Å²) in [6, 6.07) is 12.7. The molecule has 1 saturated heterocycles. The van der Waals surface area contributed by atoms with E-state index in [0.717, 1.165) is 24.0 Å². The van der Waals surface area contributed by atoms with Crippen LogP contribution in [0.2, 0.25) is 5.02 Å². The fourth-order valence-electron chi connectivity index (χ4n) is 3.45. The normalized spacial score (nSPS) is 19.8. The van der Waals surface area contributed by atoms with Gasteiger partial charge in [-0.05, 0) is 48.7 Å². The van der Waals surface area contributed by atoms with Crippen LogP contribution < -0.4 is 0 Å². The lowest BCUT2D eigenvalue weighted by Gasteiger charge is -2.40. The number of halogens is 2. The van der Waals surface area contributed by atoms with Crippen LogP contribution in [0.1, 0.15) is 36.4 Å². The van der Waals surface area contributed by atoms with Gasteiger partial charge >= 0.3 is 5.97 Å². The highest BCUT2D eigenvalue weighted by Gasteiger charge is 2.35. The summed E-state index contributed by atoms with van der Waals surface area (Å²) >= 11 is 6.39. The molecule has 2 aromatic carbocycles. The fraction of sp³-hybridized carbons (Fsp3) is 0.316. The zero-order valence-electron chi connectivity index (χ0n) is 13.2. The van der Waals surface area contributed by atoms with Crippen molar-refractivity contribution in [3.63, 3.8) is 0 Å². The molecule has 1 aliphatic rings. The number of rotatable bonds is 4. The molecule has 5 heteroatoms. The molecule has 0 aromatic heterocycles. The first-order valence-corrected chi connectivity index (χ1v) is 8.44. The molecule has 0 radical (unpaired) electrons. The fourth-order valence-corrected chi connectivity index (χ4v) is 3.69. The largest absolute Gasteiger partial charge is 0.480 e. The van der Waals surface area contributed by atoms with E-state index >= 15 is 0 Å². The molecule has 0 saturated carbocycles. The van der Waals surface area contributed by atoms with E-state index < -0.39 is 12.0 Å². The summed E-state index contributed by atoms with van der Waals surface area (Å²) < 4.78 is 13.8. The predicted octanol–water partition coefficient (Wildman–Crippen LogP) is 4.51. The zero-order valence-corrected chi connectivity index (χ0v) is 13.9. The lowest BCUT2D eigenvalue weighted by molar-refractivity contribution is -0.145. The van der Waals surface area contributed by atoms with Gasteiger partial charge in [-0.1, -0.05) is 48.4 Å². The number of benzene rings is 2. The maximum atomic E-state index is 13.8. The highest BCUT2D eigenvalue weighted by atomic mass is 35.5. The van der Waals surface area contributed by atoms with Crippen molar-refractivity contribution in [3.8, 4) is 0 Å². The summed E-state index contributed by atoms with van der Waals surface area (Å²) in [5.74, 6) is -1.18. The average molecular weight is 348 g/mol. The van der Waals surface area contributed by atoms with E-state index in [1.807, 2.05) is 29.2 Å². The van der Waals surface area contributed by atoms with Crippen molar-refractivity contribution < 1.29 is 14.3 Å². The molecular formula is C19H19ClFNO2. The molecule has 126 valence electrons. The minimum Gasteiger partial charge on any atom is -0.480 e. The van der Waals surface area contributed by atoms with Gasteiger partial charge in [-0.2, -0.15) is 0 Å². The van der Waals surface area contributed by atoms with Gasteiger partial charge in [-0.15, -0.1) is 0 Å². The quantitative estimate of drug-likeness (QED) is 0.884. The summed E-state index contributed by atoms with van der Waals surface area (Å²) in [7, 11) is 0. The Kier molecular flexibility index (Phi) is 5.17. The number of aliphatic carboxylic acids is 1. The summed E-state index contributed by atoms with van der Waals surface area (Å²) in [4.78, 5) is 13.7. The Bertz CT molecular complexity index is 737. The second-order valence-electron chi connectivity index (χ2n) is 6.07. The predicted molar refractivity (Wildman–Crippen MR) is 91.7 cm³/mol. The Morgan fingerprint density at radius 3 is 2.71 bits per heavy atom. The smallest absolute Gasteiger partial charge is 0.320 e. The Hall–Kier alpha value is -1.91. The van der Waals surface area contributed by atoms with Crippen molar-refractivity contribution in [2.45, 2.75) is 31.3 Å². The van der Waals surface area contributed by atoms with Crippen molar-refractivity contribution in [2.24, 2.45) is 0 Å². The van der Waals surface area contributed by atoms with E-state index in [0.29, 0.717) is 18.0 Å². The maximum absolute atomic E-state index is 13.8. The van der Waals surface area contributed by atoms with Gasteiger partial charge in [0, 0.05) is 5.02 Å². The number of likely N-dealkylation sites (tertiary alicyclic amines) is 1. The third-order valence-electron chi connectivity index (χ3n) is 4.53. The van der Waals surface area contributed by atoms with Gasteiger partial charge < -0.3 is 5.11 Å². The van der Waals surface area contributed by atoms with Crippen LogP contribution in [0.4, 0.5) is 4.39 Å². The van der Waals surface area contributed by atoms with E-state index in [4.69, 9.17) is 11.6 Å². The first-order chi connectivity index (χ1) is 11.6. The standard InChI is InChI=1S/C19H19ClFNO2/c20-16-9-2-1-8-15(16)18(13-6-5-7-14(21)12-13)22-11-4-3-10-17(22)19(23)24/h1-2,5-9,12,17-18H,3-4,10-11H2,(H,23,24). The SMILES string of the molecule is O=C(O)C1CCCCN1C(c1cccc(F)c1)c1ccccc1Cl. The van der Waals surface area contributed by atoms with Gasteiger partial charge in [0.2, 0.25) is 0 Å². The van der Waals surface area contributed by atoms with E-state index in [-0.39, 0.29) is 11.9 Å². The number of hydrogen-bond acceptors (Lipinski definition) is 2. The van der Waals surface area contributed by atoms with Crippen molar-refractivity contribution in [3.05, 3.63) is 70.5 Å². The van der Waals surface area contributed by atoms with Crippen LogP contribution in [0.5, 0.6) is 0 Å². The maximum Gasteiger partial charge on any atom is 0.320 e. The third-order valence-corrected chi connectivity index (χ3v) is 4.87. The van der Waals surface area contributed by atoms with Crippen molar-refractivity contribution >= 4 is 17.6 Å². The Morgan fingerprint density at radius 2 is 2.00 bits per heavy atom. The first-order valence-electron chi connectivity index (χ1n) is 8.06. The van der Waals surface area contributed by atoms with Crippen molar-refractivity contribution in [2.75, 3.05) is 6.54 Å². The third kappa shape index (κ3) is 3.45. The minimum absolute atomic E-state index is 0.339. The van der Waals surface area contributed by atoms with Gasteiger partial charge in [0.05, 0.1) is 6.04 Å². The van der Waals surface area contributed by atoms with E-state index in [9.17, 15) is 14.3 Å².